The Kier molecular flexibility index (Phi) is 3.94. The first-order valence-electron chi connectivity index (χ1n) is 7.76. The van der Waals surface area contributed by atoms with E-state index in [4.69, 9.17) is 0 Å². The van der Waals surface area contributed by atoms with E-state index in [9.17, 15) is 9.59 Å². The van der Waals surface area contributed by atoms with Crippen molar-refractivity contribution in [3.05, 3.63) is 71.9 Å². The van der Waals surface area contributed by atoms with Crippen molar-refractivity contribution in [2.75, 3.05) is 5.32 Å². The fourth-order valence-electron chi connectivity index (χ4n) is 2.50. The standard InChI is InChI=1S/C17H13N7O2/c25-16(8-23-11-20-14-4-2-1-3-13(14)17(23)26)22-12-5-6-15(19-7-12)24-10-18-9-21-24/h1-7,9-11H,8H2,(H,22,25). The smallest absolute Gasteiger partial charge is 0.261 e. The summed E-state index contributed by atoms with van der Waals surface area (Å²) in [5, 5.41) is 7.16. The summed E-state index contributed by atoms with van der Waals surface area (Å²) < 4.78 is 2.78. The molecule has 0 bridgehead atoms. The van der Waals surface area contributed by atoms with Crippen LogP contribution < -0.4 is 10.9 Å². The molecule has 0 aliphatic heterocycles. The molecule has 9 heteroatoms. The number of benzene rings is 1. The maximum absolute atomic E-state index is 12.4. The van der Waals surface area contributed by atoms with Gasteiger partial charge in [0.05, 0.1) is 29.1 Å². The first kappa shape index (κ1) is 15.6. The molecule has 1 aromatic carbocycles. The third kappa shape index (κ3) is 3.05. The lowest BCUT2D eigenvalue weighted by atomic mass is 10.2. The third-order valence-corrected chi connectivity index (χ3v) is 3.73. The van der Waals surface area contributed by atoms with Crippen molar-refractivity contribution in [3.8, 4) is 5.82 Å². The lowest BCUT2D eigenvalue weighted by Gasteiger charge is -2.08. The van der Waals surface area contributed by atoms with E-state index in [0.717, 1.165) is 0 Å². The van der Waals surface area contributed by atoms with Crippen LogP contribution in [0.25, 0.3) is 16.7 Å². The number of amides is 1. The van der Waals surface area contributed by atoms with Crippen LogP contribution in [-0.2, 0) is 11.3 Å². The Morgan fingerprint density at radius 2 is 1.96 bits per heavy atom. The molecular weight excluding hydrogens is 334 g/mol. The number of rotatable bonds is 4. The zero-order valence-electron chi connectivity index (χ0n) is 13.5. The first-order valence-corrected chi connectivity index (χ1v) is 7.76. The fraction of sp³-hybridized carbons (Fsp3) is 0.0588. The van der Waals surface area contributed by atoms with Crippen LogP contribution in [0.3, 0.4) is 0 Å². The van der Waals surface area contributed by atoms with E-state index >= 15 is 0 Å². The molecule has 0 radical (unpaired) electrons. The largest absolute Gasteiger partial charge is 0.323 e. The fourth-order valence-corrected chi connectivity index (χ4v) is 2.50. The minimum Gasteiger partial charge on any atom is -0.323 e. The number of carbonyl (C=O) groups excluding carboxylic acids is 1. The highest BCUT2D eigenvalue weighted by Crippen LogP contribution is 2.09. The van der Waals surface area contributed by atoms with Crippen LogP contribution in [0, 0.1) is 0 Å². The molecule has 1 N–H and O–H groups in total. The quantitative estimate of drug-likeness (QED) is 0.590. The van der Waals surface area contributed by atoms with Gasteiger partial charge in [0.25, 0.3) is 5.56 Å². The van der Waals surface area contributed by atoms with Crippen molar-refractivity contribution >= 4 is 22.5 Å². The summed E-state index contributed by atoms with van der Waals surface area (Å²) in [6.45, 7) is -0.137. The van der Waals surface area contributed by atoms with E-state index < -0.39 is 0 Å². The van der Waals surface area contributed by atoms with Gasteiger partial charge in [-0.25, -0.2) is 19.6 Å². The molecule has 3 heterocycles. The zero-order chi connectivity index (χ0) is 17.9. The topological polar surface area (TPSA) is 108 Å². The minimum atomic E-state index is -0.348. The summed E-state index contributed by atoms with van der Waals surface area (Å²) in [6, 6.07) is 10.4. The van der Waals surface area contributed by atoms with Crippen LogP contribution in [-0.4, -0.2) is 35.2 Å². The summed E-state index contributed by atoms with van der Waals surface area (Å²) in [5.74, 6) is 0.231. The molecule has 0 aliphatic carbocycles. The Labute approximate surface area is 147 Å². The number of nitrogens with one attached hydrogen (secondary N) is 1. The molecule has 1 amide bonds. The third-order valence-electron chi connectivity index (χ3n) is 3.73. The number of pyridine rings is 1. The van der Waals surface area contributed by atoms with Crippen LogP contribution in [0.1, 0.15) is 0 Å². The van der Waals surface area contributed by atoms with Crippen molar-refractivity contribution in [1.82, 2.24) is 29.3 Å². The van der Waals surface area contributed by atoms with Crippen molar-refractivity contribution < 1.29 is 4.79 Å². The maximum atomic E-state index is 12.4. The van der Waals surface area contributed by atoms with Gasteiger partial charge in [0.15, 0.2) is 5.82 Å². The van der Waals surface area contributed by atoms with Gasteiger partial charge in [-0.05, 0) is 24.3 Å². The Hall–Kier alpha value is -3.88. The van der Waals surface area contributed by atoms with Crippen LogP contribution in [0.5, 0.6) is 0 Å². The van der Waals surface area contributed by atoms with Gasteiger partial charge in [-0.2, -0.15) is 5.10 Å². The van der Waals surface area contributed by atoms with Crippen LogP contribution in [0.2, 0.25) is 0 Å². The highest BCUT2D eigenvalue weighted by atomic mass is 16.2. The molecule has 128 valence electrons. The Balaban J connectivity index is 1.49. The summed E-state index contributed by atoms with van der Waals surface area (Å²) in [7, 11) is 0. The molecular formula is C17H13N7O2. The molecule has 0 saturated heterocycles. The van der Waals surface area contributed by atoms with Gasteiger partial charge >= 0.3 is 0 Å². The van der Waals surface area contributed by atoms with Gasteiger partial charge in [0.1, 0.15) is 19.2 Å². The van der Waals surface area contributed by atoms with E-state index in [1.807, 2.05) is 6.07 Å². The van der Waals surface area contributed by atoms with Crippen LogP contribution >= 0.6 is 0 Å². The van der Waals surface area contributed by atoms with Crippen molar-refractivity contribution in [3.63, 3.8) is 0 Å². The molecule has 26 heavy (non-hydrogen) atoms. The number of carbonyl (C=O) groups is 1. The number of fused-ring (bicyclic) bond motifs is 1. The van der Waals surface area contributed by atoms with Crippen LogP contribution in [0.15, 0.2) is 66.4 Å². The second-order valence-corrected chi connectivity index (χ2v) is 5.49. The Morgan fingerprint density at radius 3 is 2.73 bits per heavy atom. The van der Waals surface area contributed by atoms with E-state index in [2.05, 4.69) is 25.4 Å². The van der Waals surface area contributed by atoms with Crippen molar-refractivity contribution in [1.29, 1.82) is 0 Å². The lowest BCUT2D eigenvalue weighted by Crippen LogP contribution is -2.27. The second kappa shape index (κ2) is 6.55. The molecule has 3 aromatic heterocycles. The van der Waals surface area contributed by atoms with Crippen molar-refractivity contribution in [2.45, 2.75) is 6.54 Å². The molecule has 0 saturated carbocycles. The average molecular weight is 347 g/mol. The van der Waals surface area contributed by atoms with Gasteiger partial charge in [-0.3, -0.25) is 14.2 Å². The summed E-state index contributed by atoms with van der Waals surface area (Å²) in [5.41, 5.74) is 0.855. The molecule has 0 spiro atoms. The molecule has 0 unspecified atom stereocenters. The zero-order valence-corrected chi connectivity index (χ0v) is 13.5. The molecule has 4 aromatic rings. The predicted molar refractivity (Wildman–Crippen MR) is 93.8 cm³/mol. The number of aromatic nitrogens is 6. The average Bonchev–Trinajstić information content (AvgIpc) is 3.20. The van der Waals surface area contributed by atoms with Gasteiger partial charge < -0.3 is 5.32 Å². The normalized spacial score (nSPS) is 10.8. The summed E-state index contributed by atoms with van der Waals surface area (Å²) >= 11 is 0. The van der Waals surface area contributed by atoms with E-state index in [1.165, 1.54) is 34.4 Å². The monoisotopic (exact) mass is 347 g/mol. The van der Waals surface area contributed by atoms with E-state index in [-0.39, 0.29) is 18.0 Å². The number of hydrogen-bond acceptors (Lipinski definition) is 6. The highest BCUT2D eigenvalue weighted by molar-refractivity contribution is 5.90. The Morgan fingerprint density at radius 1 is 1.08 bits per heavy atom. The number of anilines is 1. The summed E-state index contributed by atoms with van der Waals surface area (Å²) in [6.07, 6.45) is 5.82. The predicted octanol–water partition coefficient (Wildman–Crippen LogP) is 1.01. The van der Waals surface area contributed by atoms with Crippen LogP contribution in [0.4, 0.5) is 5.69 Å². The molecule has 0 fully saturated rings. The number of hydrogen-bond donors (Lipinski definition) is 1. The lowest BCUT2D eigenvalue weighted by molar-refractivity contribution is -0.116. The number of nitrogens with zero attached hydrogens (tertiary/aromatic N) is 6. The highest BCUT2D eigenvalue weighted by Gasteiger charge is 2.09. The minimum absolute atomic E-state index is 0.137. The number of para-hydroxylation sites is 1. The first-order chi connectivity index (χ1) is 12.7. The summed E-state index contributed by atoms with van der Waals surface area (Å²) in [4.78, 5) is 36.9. The SMILES string of the molecule is O=C(Cn1cnc2ccccc2c1=O)Nc1ccc(-n2cncn2)nc1. The van der Waals surface area contributed by atoms with E-state index in [1.54, 1.807) is 30.3 Å². The van der Waals surface area contributed by atoms with Gasteiger partial charge in [-0.15, -0.1) is 0 Å². The molecule has 4 rings (SSSR count). The Bertz CT molecular complexity index is 1120. The molecule has 0 atom stereocenters. The van der Waals surface area contributed by atoms with Gasteiger partial charge in [-0.1, -0.05) is 12.1 Å². The second-order valence-electron chi connectivity index (χ2n) is 5.49. The van der Waals surface area contributed by atoms with Gasteiger partial charge in [0.2, 0.25) is 5.91 Å². The maximum Gasteiger partial charge on any atom is 0.261 e. The molecule has 0 aliphatic rings. The van der Waals surface area contributed by atoms with E-state index in [0.29, 0.717) is 22.4 Å². The van der Waals surface area contributed by atoms with Crippen molar-refractivity contribution in [2.24, 2.45) is 0 Å². The molecule has 9 nitrogen and oxygen atoms in total. The van der Waals surface area contributed by atoms with Gasteiger partial charge in [0, 0.05) is 0 Å².